The van der Waals surface area contributed by atoms with Crippen LogP contribution in [0.5, 0.6) is 5.75 Å². The van der Waals surface area contributed by atoms with Crippen LogP contribution in [0.3, 0.4) is 0 Å². The highest BCUT2D eigenvalue weighted by Gasteiger charge is 2.18. The largest absolute Gasteiger partial charge is 0.497 e. The standard InChI is InChI=1S/C27H26N4O3S/c1-19(32)28-16-15-20-11-13-21(14-12-20)25(33)18-35-27-30-29-26(22-7-6-10-24(17-22)34-2)31(27)23-8-4-3-5-9-23/h3-14,17H,15-16,18H2,1-2H3,(H,28,32). The number of ether oxygens (including phenoxy) is 1. The maximum absolute atomic E-state index is 12.9. The van der Waals surface area contributed by atoms with Gasteiger partial charge in [0.05, 0.1) is 12.9 Å². The Balaban J connectivity index is 1.52. The Morgan fingerprint density at radius 3 is 2.46 bits per heavy atom. The van der Waals surface area contributed by atoms with E-state index < -0.39 is 0 Å². The number of para-hydroxylation sites is 1. The Morgan fingerprint density at radius 1 is 0.971 bits per heavy atom. The molecule has 178 valence electrons. The van der Waals surface area contributed by atoms with Crippen molar-refractivity contribution in [3.8, 4) is 22.8 Å². The maximum atomic E-state index is 12.9. The molecular weight excluding hydrogens is 460 g/mol. The number of rotatable bonds is 10. The molecule has 0 saturated heterocycles. The lowest BCUT2D eigenvalue weighted by molar-refractivity contribution is -0.118. The summed E-state index contributed by atoms with van der Waals surface area (Å²) < 4.78 is 7.33. The van der Waals surface area contributed by atoms with E-state index in [9.17, 15) is 9.59 Å². The molecule has 0 unspecified atom stereocenters. The molecule has 7 nitrogen and oxygen atoms in total. The normalized spacial score (nSPS) is 10.7. The van der Waals surface area contributed by atoms with Gasteiger partial charge in [-0.15, -0.1) is 10.2 Å². The fraction of sp³-hybridized carbons (Fsp3) is 0.185. The summed E-state index contributed by atoms with van der Waals surface area (Å²) in [5.74, 6) is 1.60. The number of aromatic nitrogens is 3. The molecule has 0 aliphatic rings. The molecule has 0 radical (unpaired) electrons. The molecule has 0 saturated carbocycles. The van der Waals surface area contributed by atoms with E-state index in [2.05, 4.69) is 15.5 Å². The molecule has 8 heteroatoms. The van der Waals surface area contributed by atoms with Crippen LogP contribution in [0.1, 0.15) is 22.8 Å². The van der Waals surface area contributed by atoms with Crippen LogP contribution in [0.4, 0.5) is 0 Å². The van der Waals surface area contributed by atoms with Gasteiger partial charge >= 0.3 is 0 Å². The van der Waals surface area contributed by atoms with Crippen LogP contribution in [-0.2, 0) is 11.2 Å². The van der Waals surface area contributed by atoms with Crippen molar-refractivity contribution in [2.24, 2.45) is 0 Å². The van der Waals surface area contributed by atoms with Gasteiger partial charge in [-0.1, -0.05) is 66.4 Å². The Labute approximate surface area is 208 Å². The monoisotopic (exact) mass is 486 g/mol. The van der Waals surface area contributed by atoms with E-state index in [-0.39, 0.29) is 17.4 Å². The van der Waals surface area contributed by atoms with E-state index in [0.717, 1.165) is 29.0 Å². The summed E-state index contributed by atoms with van der Waals surface area (Å²) in [6, 6.07) is 25.0. The van der Waals surface area contributed by atoms with Crippen LogP contribution < -0.4 is 10.1 Å². The fourth-order valence-electron chi connectivity index (χ4n) is 3.58. The minimum absolute atomic E-state index is 0.00829. The van der Waals surface area contributed by atoms with E-state index in [4.69, 9.17) is 4.74 Å². The molecule has 0 aliphatic heterocycles. The number of ketones is 1. The molecule has 3 aromatic carbocycles. The van der Waals surface area contributed by atoms with E-state index in [1.54, 1.807) is 7.11 Å². The first-order chi connectivity index (χ1) is 17.0. The lowest BCUT2D eigenvalue weighted by Crippen LogP contribution is -2.22. The number of nitrogens with zero attached hydrogens (tertiary/aromatic N) is 3. The third-order valence-electron chi connectivity index (χ3n) is 5.37. The molecule has 0 bridgehead atoms. The zero-order chi connectivity index (χ0) is 24.6. The first kappa shape index (κ1) is 24.2. The second-order valence-electron chi connectivity index (χ2n) is 7.85. The average Bonchev–Trinajstić information content (AvgIpc) is 3.32. The molecule has 1 amide bonds. The summed E-state index contributed by atoms with van der Waals surface area (Å²) in [6.45, 7) is 2.07. The number of thioether (sulfide) groups is 1. The van der Waals surface area contributed by atoms with Crippen molar-refractivity contribution in [2.75, 3.05) is 19.4 Å². The number of amides is 1. The number of methoxy groups -OCH3 is 1. The number of carbonyl (C=O) groups is 2. The molecule has 4 rings (SSSR count). The topological polar surface area (TPSA) is 86.1 Å². The van der Waals surface area contributed by atoms with Crippen molar-refractivity contribution in [2.45, 2.75) is 18.5 Å². The fourth-order valence-corrected chi connectivity index (χ4v) is 4.42. The predicted molar refractivity (Wildman–Crippen MR) is 137 cm³/mol. The quantitative estimate of drug-likeness (QED) is 0.261. The first-order valence-electron chi connectivity index (χ1n) is 11.2. The van der Waals surface area contributed by atoms with Crippen molar-refractivity contribution >= 4 is 23.5 Å². The SMILES string of the molecule is COc1cccc(-c2nnc(SCC(=O)c3ccc(CCNC(C)=O)cc3)n2-c2ccccc2)c1. The Morgan fingerprint density at radius 2 is 1.74 bits per heavy atom. The van der Waals surface area contributed by atoms with Gasteiger partial charge in [-0.25, -0.2) is 0 Å². The summed E-state index contributed by atoms with van der Waals surface area (Å²) in [7, 11) is 1.63. The number of Topliss-reactive ketones (excluding diaryl/α,β-unsaturated/α-hetero) is 1. The van der Waals surface area contributed by atoms with Gasteiger partial charge in [0.25, 0.3) is 0 Å². The zero-order valence-electron chi connectivity index (χ0n) is 19.6. The molecule has 0 fully saturated rings. The summed E-state index contributed by atoms with van der Waals surface area (Å²) >= 11 is 1.35. The Bertz CT molecular complexity index is 1300. The van der Waals surface area contributed by atoms with Gasteiger partial charge in [0.15, 0.2) is 16.8 Å². The summed E-state index contributed by atoms with van der Waals surface area (Å²) in [5.41, 5.74) is 3.48. The van der Waals surface area contributed by atoms with Gasteiger partial charge in [0.1, 0.15) is 5.75 Å². The highest BCUT2D eigenvalue weighted by molar-refractivity contribution is 7.99. The van der Waals surface area contributed by atoms with Gasteiger partial charge < -0.3 is 10.1 Å². The van der Waals surface area contributed by atoms with E-state index in [1.807, 2.05) is 83.4 Å². The average molecular weight is 487 g/mol. The van der Waals surface area contributed by atoms with Crippen molar-refractivity contribution in [3.63, 3.8) is 0 Å². The molecule has 4 aromatic rings. The third-order valence-corrected chi connectivity index (χ3v) is 6.30. The second-order valence-corrected chi connectivity index (χ2v) is 8.79. The third kappa shape index (κ3) is 6.16. The van der Waals surface area contributed by atoms with Gasteiger partial charge in [0, 0.05) is 30.3 Å². The number of nitrogens with one attached hydrogen (secondary N) is 1. The van der Waals surface area contributed by atoms with Crippen LogP contribution >= 0.6 is 11.8 Å². The smallest absolute Gasteiger partial charge is 0.216 e. The molecule has 1 N–H and O–H groups in total. The lowest BCUT2D eigenvalue weighted by Gasteiger charge is -2.11. The minimum atomic E-state index is -0.0493. The van der Waals surface area contributed by atoms with E-state index in [1.165, 1.54) is 18.7 Å². The minimum Gasteiger partial charge on any atom is -0.497 e. The zero-order valence-corrected chi connectivity index (χ0v) is 20.4. The van der Waals surface area contributed by atoms with Gasteiger partial charge in [-0.05, 0) is 36.2 Å². The Kier molecular flexibility index (Phi) is 7.95. The highest BCUT2D eigenvalue weighted by Crippen LogP contribution is 2.30. The molecular formula is C27H26N4O3S. The van der Waals surface area contributed by atoms with E-state index in [0.29, 0.717) is 23.1 Å². The van der Waals surface area contributed by atoms with Crippen molar-refractivity contribution < 1.29 is 14.3 Å². The number of carbonyl (C=O) groups excluding carboxylic acids is 2. The predicted octanol–water partition coefficient (Wildman–Crippen LogP) is 4.60. The van der Waals surface area contributed by atoms with Crippen LogP contribution in [0.25, 0.3) is 17.1 Å². The first-order valence-corrected chi connectivity index (χ1v) is 12.2. The van der Waals surface area contributed by atoms with Gasteiger partial charge in [0.2, 0.25) is 5.91 Å². The highest BCUT2D eigenvalue weighted by atomic mass is 32.2. The molecule has 0 aliphatic carbocycles. The molecule has 0 atom stereocenters. The maximum Gasteiger partial charge on any atom is 0.216 e. The Hall–Kier alpha value is -3.91. The van der Waals surface area contributed by atoms with Crippen LogP contribution in [0.2, 0.25) is 0 Å². The van der Waals surface area contributed by atoms with Crippen molar-refractivity contribution in [1.29, 1.82) is 0 Å². The summed E-state index contributed by atoms with van der Waals surface area (Å²) in [6.07, 6.45) is 0.718. The van der Waals surface area contributed by atoms with Crippen molar-refractivity contribution in [1.82, 2.24) is 20.1 Å². The summed E-state index contributed by atoms with van der Waals surface area (Å²) in [4.78, 5) is 23.9. The van der Waals surface area contributed by atoms with Gasteiger partial charge in [-0.3, -0.25) is 14.2 Å². The van der Waals surface area contributed by atoms with Crippen LogP contribution in [0.15, 0.2) is 84.0 Å². The van der Waals surface area contributed by atoms with Crippen LogP contribution in [-0.4, -0.2) is 45.9 Å². The number of hydrogen-bond acceptors (Lipinski definition) is 6. The molecule has 1 heterocycles. The van der Waals surface area contributed by atoms with Crippen LogP contribution in [0, 0.1) is 0 Å². The molecule has 35 heavy (non-hydrogen) atoms. The van der Waals surface area contributed by atoms with E-state index >= 15 is 0 Å². The molecule has 0 spiro atoms. The summed E-state index contributed by atoms with van der Waals surface area (Å²) in [5, 5.41) is 12.2. The number of hydrogen-bond donors (Lipinski definition) is 1. The lowest BCUT2D eigenvalue weighted by atomic mass is 10.1. The molecule has 1 aromatic heterocycles. The van der Waals surface area contributed by atoms with Crippen molar-refractivity contribution in [3.05, 3.63) is 90.0 Å². The number of benzene rings is 3. The second kappa shape index (κ2) is 11.5. The van der Waals surface area contributed by atoms with Gasteiger partial charge in [-0.2, -0.15) is 0 Å².